The van der Waals surface area contributed by atoms with Gasteiger partial charge in [0, 0.05) is 7.05 Å². The molecule has 1 aliphatic rings. The summed E-state index contributed by atoms with van der Waals surface area (Å²) in [4.78, 5) is 12.7. The van der Waals surface area contributed by atoms with E-state index < -0.39 is 0 Å². The molecule has 0 saturated carbocycles. The first kappa shape index (κ1) is 8.04. The molecule has 0 unspecified atom stereocenters. The van der Waals surface area contributed by atoms with Crippen molar-refractivity contribution in [3.05, 3.63) is 24.0 Å². The number of anilines is 2. The fraction of sp³-hybridized carbons (Fsp3) is 0.222. The van der Waals surface area contributed by atoms with E-state index in [2.05, 4.69) is 5.32 Å². The van der Waals surface area contributed by atoms with Crippen LogP contribution in [0.15, 0.2) is 18.2 Å². The quantitative estimate of drug-likeness (QED) is 0.651. The van der Waals surface area contributed by atoms with Crippen molar-refractivity contribution in [3.8, 4) is 0 Å². The molecule has 13 heavy (non-hydrogen) atoms. The number of hydrogen-bond acceptors (Lipinski definition) is 2. The molecular weight excluding hydrogens is 171 g/mol. The molecule has 0 atom stereocenters. The number of para-hydroxylation sites is 1. The average molecular weight is 180 g/mol. The normalized spacial score (nSPS) is 15.2. The number of carbonyl (C=O) groups excluding carboxylic acids is 1. The Hall–Kier alpha value is -1.58. The molecular formula is C9H9FN2O. The van der Waals surface area contributed by atoms with E-state index in [0.29, 0.717) is 11.4 Å². The predicted octanol–water partition coefficient (Wildman–Crippen LogP) is 1.21. The minimum atomic E-state index is -0.322. The van der Waals surface area contributed by atoms with Crippen LogP contribution in [0.5, 0.6) is 0 Å². The molecule has 0 aromatic heterocycles. The molecule has 1 heterocycles. The number of halogens is 1. The Kier molecular flexibility index (Phi) is 1.69. The molecule has 0 bridgehead atoms. The van der Waals surface area contributed by atoms with Crippen LogP contribution in [-0.2, 0) is 4.79 Å². The van der Waals surface area contributed by atoms with Crippen molar-refractivity contribution in [1.82, 2.24) is 0 Å². The van der Waals surface area contributed by atoms with E-state index in [9.17, 15) is 9.18 Å². The maximum atomic E-state index is 13.2. The summed E-state index contributed by atoms with van der Waals surface area (Å²) < 4.78 is 13.2. The lowest BCUT2D eigenvalue weighted by Crippen LogP contribution is -2.37. The van der Waals surface area contributed by atoms with Gasteiger partial charge in [-0.3, -0.25) is 4.79 Å². The van der Waals surface area contributed by atoms with Gasteiger partial charge in [0.1, 0.15) is 5.82 Å². The fourth-order valence-electron chi connectivity index (χ4n) is 1.38. The van der Waals surface area contributed by atoms with Crippen molar-refractivity contribution in [1.29, 1.82) is 0 Å². The molecule has 3 nitrogen and oxygen atoms in total. The van der Waals surface area contributed by atoms with Gasteiger partial charge in [0.2, 0.25) is 5.91 Å². The Bertz CT molecular complexity index is 365. The van der Waals surface area contributed by atoms with Gasteiger partial charge in [-0.1, -0.05) is 6.07 Å². The van der Waals surface area contributed by atoms with Crippen LogP contribution in [0.25, 0.3) is 0 Å². The lowest BCUT2D eigenvalue weighted by atomic mass is 10.2. The summed E-state index contributed by atoms with van der Waals surface area (Å²) in [6, 6.07) is 4.67. The number of likely N-dealkylation sites (N-methyl/N-ethyl adjacent to an activating group) is 1. The number of nitrogens with one attached hydrogen (secondary N) is 1. The smallest absolute Gasteiger partial charge is 0.246 e. The largest absolute Gasteiger partial charge is 0.372 e. The maximum Gasteiger partial charge on any atom is 0.246 e. The Morgan fingerprint density at radius 3 is 3.08 bits per heavy atom. The molecule has 1 aliphatic heterocycles. The van der Waals surface area contributed by atoms with E-state index >= 15 is 0 Å². The third-order valence-electron chi connectivity index (χ3n) is 2.14. The monoisotopic (exact) mass is 180 g/mol. The second-order valence-corrected chi connectivity index (χ2v) is 2.94. The van der Waals surface area contributed by atoms with E-state index in [4.69, 9.17) is 0 Å². The molecule has 2 rings (SSSR count). The molecule has 0 aliphatic carbocycles. The molecule has 1 aromatic rings. The molecule has 0 radical (unpaired) electrons. The second kappa shape index (κ2) is 2.73. The van der Waals surface area contributed by atoms with Crippen molar-refractivity contribution < 1.29 is 9.18 Å². The third-order valence-corrected chi connectivity index (χ3v) is 2.14. The van der Waals surface area contributed by atoms with Gasteiger partial charge in [-0.2, -0.15) is 0 Å². The summed E-state index contributed by atoms with van der Waals surface area (Å²) in [5.41, 5.74) is 1.00. The Morgan fingerprint density at radius 1 is 1.54 bits per heavy atom. The number of carbonyl (C=O) groups is 1. The van der Waals surface area contributed by atoms with Crippen LogP contribution in [0.4, 0.5) is 15.8 Å². The molecule has 68 valence electrons. The van der Waals surface area contributed by atoms with Gasteiger partial charge in [0.05, 0.1) is 17.9 Å². The second-order valence-electron chi connectivity index (χ2n) is 2.94. The summed E-state index contributed by atoms with van der Waals surface area (Å²) in [5.74, 6) is -0.380. The van der Waals surface area contributed by atoms with E-state index in [1.54, 1.807) is 19.2 Å². The van der Waals surface area contributed by atoms with Crippen molar-refractivity contribution >= 4 is 17.3 Å². The van der Waals surface area contributed by atoms with Gasteiger partial charge in [-0.15, -0.1) is 0 Å². The van der Waals surface area contributed by atoms with E-state index in [1.807, 2.05) is 0 Å². The number of amides is 1. The van der Waals surface area contributed by atoms with Crippen LogP contribution in [0.1, 0.15) is 0 Å². The first-order chi connectivity index (χ1) is 6.20. The number of benzene rings is 1. The van der Waals surface area contributed by atoms with Gasteiger partial charge in [-0.05, 0) is 12.1 Å². The van der Waals surface area contributed by atoms with Crippen LogP contribution >= 0.6 is 0 Å². The number of fused-ring (bicyclic) bond motifs is 1. The Balaban J connectivity index is 2.55. The van der Waals surface area contributed by atoms with Gasteiger partial charge in [0.25, 0.3) is 0 Å². The van der Waals surface area contributed by atoms with Crippen LogP contribution in [-0.4, -0.2) is 19.5 Å². The van der Waals surface area contributed by atoms with Crippen molar-refractivity contribution in [2.75, 3.05) is 23.8 Å². The van der Waals surface area contributed by atoms with Crippen LogP contribution in [0.3, 0.4) is 0 Å². The molecule has 0 saturated heterocycles. The van der Waals surface area contributed by atoms with Crippen molar-refractivity contribution in [2.45, 2.75) is 0 Å². The molecule has 1 aromatic carbocycles. The summed E-state index contributed by atoms with van der Waals surface area (Å²) in [6.45, 7) is 0.157. The zero-order valence-electron chi connectivity index (χ0n) is 7.17. The topological polar surface area (TPSA) is 32.3 Å². The van der Waals surface area contributed by atoms with Gasteiger partial charge in [-0.25, -0.2) is 4.39 Å². The van der Waals surface area contributed by atoms with Gasteiger partial charge >= 0.3 is 0 Å². The first-order valence-electron chi connectivity index (χ1n) is 3.99. The third kappa shape index (κ3) is 1.14. The zero-order valence-corrected chi connectivity index (χ0v) is 7.17. The highest BCUT2D eigenvalue weighted by Gasteiger charge is 2.22. The van der Waals surface area contributed by atoms with Crippen LogP contribution < -0.4 is 10.2 Å². The molecule has 1 N–H and O–H groups in total. The van der Waals surface area contributed by atoms with Crippen LogP contribution in [0.2, 0.25) is 0 Å². The Morgan fingerprint density at radius 2 is 2.31 bits per heavy atom. The standard InChI is InChI=1S/C9H9FN2O/c1-12-7-4-2-3-6(10)9(7)11-5-8(12)13/h2-4,11H,5H2,1H3. The summed E-state index contributed by atoms with van der Waals surface area (Å²) >= 11 is 0. The highest BCUT2D eigenvalue weighted by Crippen LogP contribution is 2.30. The summed E-state index contributed by atoms with van der Waals surface area (Å²) in [6.07, 6.45) is 0. The maximum absolute atomic E-state index is 13.2. The molecule has 4 heteroatoms. The lowest BCUT2D eigenvalue weighted by molar-refractivity contribution is -0.116. The predicted molar refractivity (Wildman–Crippen MR) is 48.3 cm³/mol. The van der Waals surface area contributed by atoms with Gasteiger partial charge < -0.3 is 10.2 Å². The average Bonchev–Trinajstić information content (AvgIpc) is 2.12. The van der Waals surface area contributed by atoms with Gasteiger partial charge in [0.15, 0.2) is 0 Å². The summed E-state index contributed by atoms with van der Waals surface area (Å²) in [5, 5.41) is 2.74. The van der Waals surface area contributed by atoms with E-state index in [0.717, 1.165) is 0 Å². The fourth-order valence-corrected chi connectivity index (χ4v) is 1.38. The minimum absolute atomic E-state index is 0.0573. The minimum Gasteiger partial charge on any atom is -0.372 e. The highest BCUT2D eigenvalue weighted by atomic mass is 19.1. The number of rotatable bonds is 0. The zero-order chi connectivity index (χ0) is 9.42. The van der Waals surface area contributed by atoms with Crippen LogP contribution in [0, 0.1) is 5.82 Å². The molecule has 0 fully saturated rings. The van der Waals surface area contributed by atoms with Crippen molar-refractivity contribution in [2.24, 2.45) is 0 Å². The summed E-state index contributed by atoms with van der Waals surface area (Å²) in [7, 11) is 1.64. The highest BCUT2D eigenvalue weighted by molar-refractivity contribution is 6.02. The van der Waals surface area contributed by atoms with E-state index in [1.165, 1.54) is 11.0 Å². The van der Waals surface area contributed by atoms with Crippen molar-refractivity contribution in [3.63, 3.8) is 0 Å². The molecule has 1 amide bonds. The number of hydrogen-bond donors (Lipinski definition) is 1. The lowest BCUT2D eigenvalue weighted by Gasteiger charge is -2.26. The number of nitrogens with zero attached hydrogens (tertiary/aromatic N) is 1. The van der Waals surface area contributed by atoms with E-state index in [-0.39, 0.29) is 18.3 Å². The molecule has 0 spiro atoms. The first-order valence-corrected chi connectivity index (χ1v) is 3.99. The SMILES string of the molecule is CN1C(=O)CNc2c(F)cccc21. The Labute approximate surface area is 75.2 Å².